The van der Waals surface area contributed by atoms with Crippen molar-refractivity contribution in [2.45, 2.75) is 33.6 Å². The van der Waals surface area contributed by atoms with Gasteiger partial charge in [0.2, 0.25) is 5.91 Å². The number of hydrazine groups is 1. The molecule has 0 aromatic heterocycles. The van der Waals surface area contributed by atoms with E-state index in [1.807, 2.05) is 0 Å². The fraction of sp³-hybridized carbons (Fsp3) is 0.318. The summed E-state index contributed by atoms with van der Waals surface area (Å²) in [6.45, 7) is 6.57. The van der Waals surface area contributed by atoms with Gasteiger partial charge in [-0.3, -0.25) is 25.2 Å². The van der Waals surface area contributed by atoms with Crippen molar-refractivity contribution in [2.24, 2.45) is 5.92 Å². The van der Waals surface area contributed by atoms with Gasteiger partial charge >= 0.3 is 0 Å². The van der Waals surface area contributed by atoms with Gasteiger partial charge in [-0.05, 0) is 54.8 Å². The Hall–Kier alpha value is -3.35. The van der Waals surface area contributed by atoms with Crippen LogP contribution in [0.4, 0.5) is 5.69 Å². The molecule has 0 heterocycles. The molecule has 7 heteroatoms. The minimum atomic E-state index is -0.462. The van der Waals surface area contributed by atoms with Crippen LogP contribution < -0.4 is 20.9 Å². The maximum Gasteiger partial charge on any atom is 0.269 e. The second-order valence-electron chi connectivity index (χ2n) is 6.95. The summed E-state index contributed by atoms with van der Waals surface area (Å²) in [5.74, 6) is 0.128. The van der Waals surface area contributed by atoms with Crippen LogP contribution in [0, 0.1) is 5.92 Å². The number of rotatable bonds is 8. The number of amides is 3. The number of hydrogen-bond donors (Lipinski definition) is 3. The molecule has 0 aliphatic carbocycles. The smallest absolute Gasteiger partial charge is 0.269 e. The lowest BCUT2D eigenvalue weighted by atomic mass is 10.1. The Bertz CT molecular complexity index is 847. The first-order valence-corrected chi connectivity index (χ1v) is 9.62. The molecule has 0 aliphatic rings. The van der Waals surface area contributed by atoms with Crippen LogP contribution in [0.2, 0.25) is 0 Å². The van der Waals surface area contributed by atoms with Crippen molar-refractivity contribution in [2.75, 3.05) is 11.9 Å². The van der Waals surface area contributed by atoms with Gasteiger partial charge in [0.25, 0.3) is 11.8 Å². The van der Waals surface area contributed by atoms with Gasteiger partial charge in [-0.1, -0.05) is 26.8 Å². The summed E-state index contributed by atoms with van der Waals surface area (Å²) in [7, 11) is 0. The van der Waals surface area contributed by atoms with Crippen molar-refractivity contribution in [1.29, 1.82) is 0 Å². The molecule has 29 heavy (non-hydrogen) atoms. The molecule has 0 radical (unpaired) electrons. The SMILES string of the molecule is CCC(=O)Nc1ccc(C(=O)NNC(=O)c2cccc(OCCC(C)C)c2)cc1. The Balaban J connectivity index is 1.88. The summed E-state index contributed by atoms with van der Waals surface area (Å²) in [4.78, 5) is 35.9. The minimum Gasteiger partial charge on any atom is -0.494 e. The largest absolute Gasteiger partial charge is 0.494 e. The topological polar surface area (TPSA) is 96.5 Å². The molecule has 0 aliphatic heterocycles. The normalized spacial score (nSPS) is 10.3. The van der Waals surface area contributed by atoms with Crippen molar-refractivity contribution < 1.29 is 19.1 Å². The molecule has 154 valence electrons. The second kappa shape index (κ2) is 10.8. The standard InChI is InChI=1S/C22H27N3O4/c1-4-20(26)23-18-10-8-16(9-11-18)21(27)24-25-22(28)17-6-5-7-19(14-17)29-13-12-15(2)3/h5-11,14-15H,4,12-13H2,1-3H3,(H,23,26)(H,24,27)(H,25,28). The number of ether oxygens (including phenoxy) is 1. The summed E-state index contributed by atoms with van der Waals surface area (Å²) in [5, 5.41) is 2.70. The number of nitrogens with one attached hydrogen (secondary N) is 3. The molecule has 0 bridgehead atoms. The predicted molar refractivity (Wildman–Crippen MR) is 112 cm³/mol. The Morgan fingerprint density at radius 2 is 1.59 bits per heavy atom. The van der Waals surface area contributed by atoms with Gasteiger partial charge in [-0.25, -0.2) is 0 Å². The van der Waals surface area contributed by atoms with E-state index in [0.717, 1.165) is 6.42 Å². The highest BCUT2D eigenvalue weighted by molar-refractivity contribution is 5.99. The Morgan fingerprint density at radius 1 is 0.931 bits per heavy atom. The molecule has 3 amide bonds. The zero-order chi connectivity index (χ0) is 21.2. The van der Waals surface area contributed by atoms with Gasteiger partial charge in [-0.15, -0.1) is 0 Å². The minimum absolute atomic E-state index is 0.107. The molecular weight excluding hydrogens is 370 g/mol. The van der Waals surface area contributed by atoms with E-state index in [-0.39, 0.29) is 5.91 Å². The van der Waals surface area contributed by atoms with Crippen LogP contribution in [-0.2, 0) is 4.79 Å². The average Bonchev–Trinajstić information content (AvgIpc) is 2.72. The van der Waals surface area contributed by atoms with Crippen LogP contribution in [-0.4, -0.2) is 24.3 Å². The zero-order valence-corrected chi connectivity index (χ0v) is 17.0. The third-order valence-electron chi connectivity index (χ3n) is 4.10. The second-order valence-corrected chi connectivity index (χ2v) is 6.95. The van der Waals surface area contributed by atoms with Crippen LogP contribution in [0.5, 0.6) is 5.75 Å². The van der Waals surface area contributed by atoms with E-state index in [0.29, 0.717) is 41.5 Å². The number of carbonyl (C=O) groups excluding carboxylic acids is 3. The van der Waals surface area contributed by atoms with Crippen LogP contribution in [0.1, 0.15) is 54.3 Å². The summed E-state index contributed by atoms with van der Waals surface area (Å²) in [6, 6.07) is 13.2. The maximum absolute atomic E-state index is 12.3. The summed E-state index contributed by atoms with van der Waals surface area (Å²) in [6.07, 6.45) is 1.30. The van der Waals surface area contributed by atoms with E-state index in [1.165, 1.54) is 0 Å². The van der Waals surface area contributed by atoms with E-state index in [4.69, 9.17) is 4.74 Å². The third-order valence-corrected chi connectivity index (χ3v) is 4.10. The Labute approximate surface area is 170 Å². The summed E-state index contributed by atoms with van der Waals surface area (Å²) >= 11 is 0. The molecule has 0 saturated heterocycles. The van der Waals surface area contributed by atoms with Crippen LogP contribution in [0.3, 0.4) is 0 Å². The van der Waals surface area contributed by atoms with Crippen molar-refractivity contribution in [3.63, 3.8) is 0 Å². The quantitative estimate of drug-likeness (QED) is 0.594. The highest BCUT2D eigenvalue weighted by atomic mass is 16.5. The molecule has 3 N–H and O–H groups in total. The van der Waals surface area contributed by atoms with Gasteiger partial charge < -0.3 is 10.1 Å². The molecule has 0 spiro atoms. The van der Waals surface area contributed by atoms with E-state index in [1.54, 1.807) is 55.5 Å². The lowest BCUT2D eigenvalue weighted by molar-refractivity contribution is -0.115. The van der Waals surface area contributed by atoms with Crippen molar-refractivity contribution in [3.05, 3.63) is 59.7 Å². The van der Waals surface area contributed by atoms with E-state index >= 15 is 0 Å². The molecule has 7 nitrogen and oxygen atoms in total. The Kier molecular flexibility index (Phi) is 8.21. The summed E-state index contributed by atoms with van der Waals surface area (Å²) < 4.78 is 5.65. The van der Waals surface area contributed by atoms with Crippen molar-refractivity contribution in [3.8, 4) is 5.75 Å². The van der Waals surface area contributed by atoms with Crippen LogP contribution >= 0.6 is 0 Å². The molecule has 0 unspecified atom stereocenters. The third kappa shape index (κ3) is 7.29. The molecule has 0 atom stereocenters. The number of hydrogen-bond acceptors (Lipinski definition) is 4. The summed E-state index contributed by atoms with van der Waals surface area (Å²) in [5.41, 5.74) is 6.11. The molecular formula is C22H27N3O4. The van der Waals surface area contributed by atoms with Crippen LogP contribution in [0.15, 0.2) is 48.5 Å². The van der Waals surface area contributed by atoms with Crippen LogP contribution in [0.25, 0.3) is 0 Å². The lowest BCUT2D eigenvalue weighted by Crippen LogP contribution is -2.41. The first-order valence-electron chi connectivity index (χ1n) is 9.62. The van der Waals surface area contributed by atoms with Crippen molar-refractivity contribution >= 4 is 23.4 Å². The highest BCUT2D eigenvalue weighted by Gasteiger charge is 2.10. The fourth-order valence-electron chi connectivity index (χ4n) is 2.35. The number of carbonyl (C=O) groups is 3. The van der Waals surface area contributed by atoms with Gasteiger partial charge in [0.1, 0.15) is 5.75 Å². The maximum atomic E-state index is 12.3. The van der Waals surface area contributed by atoms with E-state index in [2.05, 4.69) is 30.0 Å². The molecule has 2 aromatic carbocycles. The van der Waals surface area contributed by atoms with E-state index < -0.39 is 11.8 Å². The Morgan fingerprint density at radius 3 is 2.21 bits per heavy atom. The first kappa shape index (κ1) is 21.9. The highest BCUT2D eigenvalue weighted by Crippen LogP contribution is 2.14. The molecule has 2 aromatic rings. The van der Waals surface area contributed by atoms with Gasteiger partial charge in [0.15, 0.2) is 0 Å². The molecule has 0 fully saturated rings. The van der Waals surface area contributed by atoms with Gasteiger partial charge in [0.05, 0.1) is 6.61 Å². The van der Waals surface area contributed by atoms with E-state index in [9.17, 15) is 14.4 Å². The number of benzene rings is 2. The monoisotopic (exact) mass is 397 g/mol. The molecule has 2 rings (SSSR count). The fourth-order valence-corrected chi connectivity index (χ4v) is 2.35. The average molecular weight is 397 g/mol. The first-order chi connectivity index (χ1) is 13.9. The van der Waals surface area contributed by atoms with Gasteiger partial charge in [0, 0.05) is 23.2 Å². The van der Waals surface area contributed by atoms with Crippen molar-refractivity contribution in [1.82, 2.24) is 10.9 Å². The zero-order valence-electron chi connectivity index (χ0n) is 17.0. The molecule has 0 saturated carbocycles. The number of anilines is 1. The van der Waals surface area contributed by atoms with Gasteiger partial charge in [-0.2, -0.15) is 0 Å². The lowest BCUT2D eigenvalue weighted by Gasteiger charge is -2.11. The predicted octanol–water partition coefficient (Wildman–Crippen LogP) is 3.53.